The van der Waals surface area contributed by atoms with E-state index < -0.39 is 0 Å². The molecular weight excluding hydrogens is 400 g/mol. The Morgan fingerprint density at radius 3 is 2.67 bits per heavy atom. The Bertz CT molecular complexity index is 1260. The number of rotatable bonds is 4. The molecule has 0 aliphatic carbocycles. The van der Waals surface area contributed by atoms with Crippen LogP contribution in [0.1, 0.15) is 44.6 Å². The highest BCUT2D eigenvalue weighted by molar-refractivity contribution is 6.31. The maximum Gasteiger partial charge on any atom is 0.420 e. The lowest BCUT2D eigenvalue weighted by Gasteiger charge is -2.32. The van der Waals surface area contributed by atoms with E-state index >= 15 is 0 Å². The fourth-order valence-corrected chi connectivity index (χ4v) is 4.84. The molecule has 0 bridgehead atoms. The molecular formula is C23H25ClN4O2. The SMILES string of the molecule is CC(C)n1c(CN2CCC(n3c(=O)oc4ccc(Cl)cc43)CC2)nc2ccccc21. The molecule has 0 radical (unpaired) electrons. The number of likely N-dealkylation sites (tertiary alicyclic amines) is 1. The summed E-state index contributed by atoms with van der Waals surface area (Å²) in [6, 6.07) is 14.1. The highest BCUT2D eigenvalue weighted by atomic mass is 35.5. The molecule has 0 N–H and O–H groups in total. The van der Waals surface area contributed by atoms with Crippen molar-refractivity contribution in [1.82, 2.24) is 19.0 Å². The Balaban J connectivity index is 1.36. The monoisotopic (exact) mass is 424 g/mol. The normalized spacial score (nSPS) is 16.3. The highest BCUT2D eigenvalue weighted by Gasteiger charge is 2.26. The average molecular weight is 425 g/mol. The van der Waals surface area contributed by atoms with Crippen molar-refractivity contribution in [3.8, 4) is 0 Å². The average Bonchev–Trinajstić information content (AvgIpc) is 3.25. The molecule has 1 aliphatic rings. The molecule has 0 atom stereocenters. The van der Waals surface area contributed by atoms with Crippen LogP contribution in [-0.4, -0.2) is 32.1 Å². The van der Waals surface area contributed by atoms with Gasteiger partial charge in [0, 0.05) is 30.2 Å². The first kappa shape index (κ1) is 19.4. The second kappa shape index (κ2) is 7.60. The Morgan fingerprint density at radius 1 is 1.13 bits per heavy atom. The quantitative estimate of drug-likeness (QED) is 0.461. The summed E-state index contributed by atoms with van der Waals surface area (Å²) in [5, 5.41) is 0.613. The zero-order valence-corrected chi connectivity index (χ0v) is 18.0. The first-order valence-electron chi connectivity index (χ1n) is 10.5. The largest absolute Gasteiger partial charge is 0.420 e. The zero-order valence-electron chi connectivity index (χ0n) is 17.2. The van der Waals surface area contributed by atoms with Gasteiger partial charge in [0.1, 0.15) is 5.82 Å². The second-order valence-electron chi connectivity index (χ2n) is 8.34. The van der Waals surface area contributed by atoms with E-state index in [1.165, 1.54) is 5.52 Å². The molecule has 3 heterocycles. The first-order chi connectivity index (χ1) is 14.5. The molecule has 7 heteroatoms. The van der Waals surface area contributed by atoms with E-state index in [0.29, 0.717) is 16.6 Å². The van der Waals surface area contributed by atoms with Gasteiger partial charge in [-0.15, -0.1) is 0 Å². The fraction of sp³-hybridized carbons (Fsp3) is 0.391. The van der Waals surface area contributed by atoms with Crippen molar-refractivity contribution in [2.24, 2.45) is 0 Å². The van der Waals surface area contributed by atoms with Gasteiger partial charge in [-0.3, -0.25) is 9.47 Å². The second-order valence-corrected chi connectivity index (χ2v) is 8.77. The number of oxazole rings is 1. The summed E-state index contributed by atoms with van der Waals surface area (Å²) in [5.74, 6) is 0.801. The van der Waals surface area contributed by atoms with E-state index in [1.807, 2.05) is 12.1 Å². The van der Waals surface area contributed by atoms with Crippen LogP contribution in [0, 0.1) is 0 Å². The molecule has 30 heavy (non-hydrogen) atoms. The van der Waals surface area contributed by atoms with Crippen LogP contribution in [-0.2, 0) is 6.54 Å². The van der Waals surface area contributed by atoms with E-state index in [9.17, 15) is 4.79 Å². The molecule has 1 saturated heterocycles. The van der Waals surface area contributed by atoms with E-state index in [0.717, 1.165) is 49.3 Å². The van der Waals surface area contributed by atoms with Crippen molar-refractivity contribution in [3.05, 3.63) is 63.9 Å². The van der Waals surface area contributed by atoms with Gasteiger partial charge in [0.2, 0.25) is 0 Å². The molecule has 4 aromatic rings. The lowest BCUT2D eigenvalue weighted by molar-refractivity contribution is 0.172. The van der Waals surface area contributed by atoms with Gasteiger partial charge in [-0.25, -0.2) is 9.78 Å². The maximum absolute atomic E-state index is 12.5. The summed E-state index contributed by atoms with van der Waals surface area (Å²) in [6.45, 7) is 7.03. The summed E-state index contributed by atoms with van der Waals surface area (Å²) in [4.78, 5) is 19.8. The summed E-state index contributed by atoms with van der Waals surface area (Å²) < 4.78 is 9.54. The maximum atomic E-state index is 12.5. The van der Waals surface area contributed by atoms with E-state index in [4.69, 9.17) is 21.0 Å². The van der Waals surface area contributed by atoms with Gasteiger partial charge >= 0.3 is 5.76 Å². The third-order valence-corrected chi connectivity index (χ3v) is 6.28. The Labute approximate surface area is 179 Å². The van der Waals surface area contributed by atoms with Crippen LogP contribution in [0.25, 0.3) is 22.1 Å². The van der Waals surface area contributed by atoms with Crippen LogP contribution in [0.5, 0.6) is 0 Å². The van der Waals surface area contributed by atoms with Crippen molar-refractivity contribution in [3.63, 3.8) is 0 Å². The van der Waals surface area contributed by atoms with Gasteiger partial charge in [-0.05, 0) is 57.0 Å². The van der Waals surface area contributed by atoms with Crippen molar-refractivity contribution >= 4 is 33.7 Å². The van der Waals surface area contributed by atoms with Crippen LogP contribution < -0.4 is 5.76 Å². The highest BCUT2D eigenvalue weighted by Crippen LogP contribution is 2.29. The van der Waals surface area contributed by atoms with Gasteiger partial charge in [0.25, 0.3) is 0 Å². The predicted octanol–water partition coefficient (Wildman–Crippen LogP) is 5.02. The Hall–Kier alpha value is -2.57. The van der Waals surface area contributed by atoms with Crippen LogP contribution in [0.4, 0.5) is 0 Å². The minimum absolute atomic E-state index is 0.123. The molecule has 0 saturated carbocycles. The van der Waals surface area contributed by atoms with Crippen molar-refractivity contribution < 1.29 is 4.42 Å². The van der Waals surface area contributed by atoms with Crippen LogP contribution in [0.2, 0.25) is 5.02 Å². The zero-order chi connectivity index (χ0) is 20.8. The smallest absolute Gasteiger partial charge is 0.408 e. The van der Waals surface area contributed by atoms with E-state index in [1.54, 1.807) is 16.7 Å². The van der Waals surface area contributed by atoms with E-state index in [-0.39, 0.29) is 11.8 Å². The van der Waals surface area contributed by atoms with Gasteiger partial charge in [-0.2, -0.15) is 0 Å². The number of nitrogens with zero attached hydrogens (tertiary/aromatic N) is 4. The lowest BCUT2D eigenvalue weighted by Crippen LogP contribution is -2.37. The number of hydrogen-bond donors (Lipinski definition) is 0. The summed E-state index contributed by atoms with van der Waals surface area (Å²) in [5.41, 5.74) is 3.61. The number of piperidine rings is 1. The molecule has 0 spiro atoms. The molecule has 2 aromatic carbocycles. The minimum Gasteiger partial charge on any atom is -0.408 e. The summed E-state index contributed by atoms with van der Waals surface area (Å²) in [6.07, 6.45) is 1.78. The number of para-hydroxylation sites is 2. The van der Waals surface area contributed by atoms with Gasteiger partial charge in [0.15, 0.2) is 5.58 Å². The van der Waals surface area contributed by atoms with Crippen LogP contribution in [0.3, 0.4) is 0 Å². The van der Waals surface area contributed by atoms with Gasteiger partial charge in [-0.1, -0.05) is 23.7 Å². The summed E-state index contributed by atoms with van der Waals surface area (Å²) >= 11 is 6.15. The number of halogens is 1. The van der Waals surface area contributed by atoms with Gasteiger partial charge < -0.3 is 8.98 Å². The number of imidazole rings is 1. The first-order valence-corrected chi connectivity index (χ1v) is 10.9. The van der Waals surface area contributed by atoms with Crippen molar-refractivity contribution in [2.45, 2.75) is 45.3 Å². The third-order valence-electron chi connectivity index (χ3n) is 6.05. The van der Waals surface area contributed by atoms with Crippen molar-refractivity contribution in [2.75, 3.05) is 13.1 Å². The Kier molecular flexibility index (Phi) is 4.91. The predicted molar refractivity (Wildman–Crippen MR) is 119 cm³/mol. The molecule has 2 aromatic heterocycles. The fourth-order valence-electron chi connectivity index (χ4n) is 4.67. The van der Waals surface area contributed by atoms with Crippen LogP contribution in [0.15, 0.2) is 51.7 Å². The van der Waals surface area contributed by atoms with Crippen molar-refractivity contribution in [1.29, 1.82) is 0 Å². The minimum atomic E-state index is -0.299. The molecule has 5 rings (SSSR count). The summed E-state index contributed by atoms with van der Waals surface area (Å²) in [7, 11) is 0. The molecule has 0 amide bonds. The molecule has 156 valence electrons. The number of fused-ring (bicyclic) bond motifs is 2. The van der Waals surface area contributed by atoms with Crippen LogP contribution >= 0.6 is 11.6 Å². The Morgan fingerprint density at radius 2 is 1.90 bits per heavy atom. The van der Waals surface area contributed by atoms with Gasteiger partial charge in [0.05, 0.1) is 23.1 Å². The topological polar surface area (TPSA) is 56.2 Å². The molecule has 1 fully saturated rings. The van der Waals surface area contributed by atoms with E-state index in [2.05, 4.69) is 41.5 Å². The number of hydrogen-bond acceptors (Lipinski definition) is 4. The lowest BCUT2D eigenvalue weighted by atomic mass is 10.0. The molecule has 6 nitrogen and oxygen atoms in total. The third kappa shape index (κ3) is 3.34. The molecule has 0 unspecified atom stereocenters. The molecule has 1 aliphatic heterocycles. The number of aromatic nitrogens is 3. The standard InChI is InChI=1S/C23H25ClN4O2/c1-15(2)27-19-6-4-3-5-18(19)25-22(27)14-26-11-9-17(10-12-26)28-20-13-16(24)7-8-21(20)30-23(28)29/h3-8,13,15,17H,9-12,14H2,1-2H3. The number of benzene rings is 2.